The van der Waals surface area contributed by atoms with Crippen molar-refractivity contribution in [2.45, 2.75) is 19.0 Å². The highest BCUT2D eigenvalue weighted by atomic mass is 127. The molecule has 1 atom stereocenters. The second kappa shape index (κ2) is 8.33. The maximum absolute atomic E-state index is 12.2. The SMILES string of the molecule is NC(Cc1ccc(O)cc1)c1nc(C(=O)NCc2cccc(I)c2)co1. The fraction of sp³-hybridized carbons (Fsp3) is 0.158. The number of phenols is 1. The Bertz CT molecular complexity index is 893. The van der Waals surface area contributed by atoms with E-state index in [4.69, 9.17) is 10.2 Å². The lowest BCUT2D eigenvalue weighted by Gasteiger charge is -2.07. The number of hydrogen-bond acceptors (Lipinski definition) is 5. The number of carbonyl (C=O) groups excluding carboxylic acids is 1. The third-order valence-corrected chi connectivity index (χ3v) is 4.48. The number of carbonyl (C=O) groups is 1. The first kappa shape index (κ1) is 18.4. The van der Waals surface area contributed by atoms with Gasteiger partial charge < -0.3 is 20.6 Å². The van der Waals surface area contributed by atoms with Crippen LogP contribution in [0.25, 0.3) is 0 Å². The molecule has 0 aliphatic rings. The third-order valence-electron chi connectivity index (χ3n) is 3.81. The molecule has 1 unspecified atom stereocenters. The van der Waals surface area contributed by atoms with E-state index in [2.05, 4.69) is 32.9 Å². The molecule has 2 aromatic carbocycles. The molecule has 7 heteroatoms. The predicted octanol–water partition coefficient (Wildman–Crippen LogP) is 3.16. The van der Waals surface area contributed by atoms with Crippen molar-refractivity contribution in [2.24, 2.45) is 5.73 Å². The summed E-state index contributed by atoms with van der Waals surface area (Å²) in [5.41, 5.74) is 8.26. The lowest BCUT2D eigenvalue weighted by molar-refractivity contribution is 0.0946. The number of nitrogens with one attached hydrogen (secondary N) is 1. The van der Waals surface area contributed by atoms with Gasteiger partial charge in [0.15, 0.2) is 5.69 Å². The maximum Gasteiger partial charge on any atom is 0.273 e. The average molecular weight is 463 g/mol. The van der Waals surface area contributed by atoms with Gasteiger partial charge in [-0.1, -0.05) is 24.3 Å². The highest BCUT2D eigenvalue weighted by molar-refractivity contribution is 14.1. The van der Waals surface area contributed by atoms with Gasteiger partial charge in [0, 0.05) is 10.1 Å². The molecule has 1 aromatic heterocycles. The van der Waals surface area contributed by atoms with Crippen LogP contribution in [0.5, 0.6) is 5.75 Å². The van der Waals surface area contributed by atoms with E-state index in [0.717, 1.165) is 14.7 Å². The highest BCUT2D eigenvalue weighted by Crippen LogP contribution is 2.18. The molecule has 0 saturated carbocycles. The molecule has 0 fully saturated rings. The van der Waals surface area contributed by atoms with Crippen molar-refractivity contribution in [3.8, 4) is 5.75 Å². The summed E-state index contributed by atoms with van der Waals surface area (Å²) < 4.78 is 6.48. The molecule has 3 aromatic rings. The largest absolute Gasteiger partial charge is 0.508 e. The summed E-state index contributed by atoms with van der Waals surface area (Å²) in [6, 6.07) is 14.2. The molecule has 3 rings (SSSR count). The Morgan fingerprint density at radius 2 is 2.00 bits per heavy atom. The van der Waals surface area contributed by atoms with Crippen molar-refractivity contribution >= 4 is 28.5 Å². The Labute approximate surface area is 164 Å². The molecule has 0 radical (unpaired) electrons. The molecule has 0 spiro atoms. The lowest BCUT2D eigenvalue weighted by atomic mass is 10.1. The van der Waals surface area contributed by atoms with Crippen LogP contribution in [0.3, 0.4) is 0 Å². The Morgan fingerprint density at radius 3 is 2.73 bits per heavy atom. The van der Waals surface area contributed by atoms with E-state index in [-0.39, 0.29) is 17.4 Å². The van der Waals surface area contributed by atoms with Crippen LogP contribution in [-0.2, 0) is 13.0 Å². The van der Waals surface area contributed by atoms with Gasteiger partial charge in [0.1, 0.15) is 12.0 Å². The monoisotopic (exact) mass is 463 g/mol. The predicted molar refractivity (Wildman–Crippen MR) is 106 cm³/mol. The number of halogens is 1. The van der Waals surface area contributed by atoms with Crippen LogP contribution in [-0.4, -0.2) is 16.0 Å². The van der Waals surface area contributed by atoms with Crippen LogP contribution >= 0.6 is 22.6 Å². The molecule has 1 amide bonds. The Hall–Kier alpha value is -2.39. The Balaban J connectivity index is 1.59. The van der Waals surface area contributed by atoms with Crippen molar-refractivity contribution in [3.05, 3.63) is 81.1 Å². The van der Waals surface area contributed by atoms with Gasteiger partial charge in [-0.05, 0) is 64.4 Å². The van der Waals surface area contributed by atoms with E-state index in [1.807, 2.05) is 24.3 Å². The zero-order chi connectivity index (χ0) is 18.5. The smallest absolute Gasteiger partial charge is 0.273 e. The van der Waals surface area contributed by atoms with Crippen LogP contribution in [0, 0.1) is 3.57 Å². The van der Waals surface area contributed by atoms with Crippen molar-refractivity contribution in [1.82, 2.24) is 10.3 Å². The third kappa shape index (κ3) is 4.83. The van der Waals surface area contributed by atoms with Gasteiger partial charge in [-0.15, -0.1) is 0 Å². The summed E-state index contributed by atoms with van der Waals surface area (Å²) in [6.07, 6.45) is 1.81. The number of nitrogens with two attached hydrogens (primary N) is 1. The van der Waals surface area contributed by atoms with E-state index in [1.165, 1.54) is 6.26 Å². The van der Waals surface area contributed by atoms with Gasteiger partial charge in [-0.2, -0.15) is 0 Å². The molecule has 0 bridgehead atoms. The van der Waals surface area contributed by atoms with Gasteiger partial charge in [0.25, 0.3) is 5.91 Å². The van der Waals surface area contributed by atoms with E-state index >= 15 is 0 Å². The standard InChI is InChI=1S/C19H18IN3O3/c20-14-3-1-2-13(8-14)10-22-18(25)17-11-26-19(23-17)16(21)9-12-4-6-15(24)7-5-12/h1-8,11,16,24H,9-10,21H2,(H,22,25). The highest BCUT2D eigenvalue weighted by Gasteiger charge is 2.17. The van der Waals surface area contributed by atoms with Gasteiger partial charge >= 0.3 is 0 Å². The number of rotatable bonds is 6. The minimum Gasteiger partial charge on any atom is -0.508 e. The van der Waals surface area contributed by atoms with Crippen LogP contribution in [0.2, 0.25) is 0 Å². The molecular weight excluding hydrogens is 445 g/mol. The minimum absolute atomic E-state index is 0.200. The zero-order valence-electron chi connectivity index (χ0n) is 13.9. The van der Waals surface area contributed by atoms with Crippen LogP contribution in [0.4, 0.5) is 0 Å². The summed E-state index contributed by atoms with van der Waals surface area (Å²) in [7, 11) is 0. The molecule has 0 aliphatic heterocycles. The van der Waals surface area contributed by atoms with Crippen molar-refractivity contribution in [1.29, 1.82) is 0 Å². The Kier molecular flexibility index (Phi) is 5.89. The van der Waals surface area contributed by atoms with Gasteiger partial charge in [0.2, 0.25) is 5.89 Å². The quantitative estimate of drug-likeness (QED) is 0.488. The number of amides is 1. The lowest BCUT2D eigenvalue weighted by Crippen LogP contribution is -2.23. The van der Waals surface area contributed by atoms with Crippen molar-refractivity contribution < 1.29 is 14.3 Å². The van der Waals surface area contributed by atoms with E-state index in [0.29, 0.717) is 18.9 Å². The van der Waals surface area contributed by atoms with E-state index in [9.17, 15) is 9.90 Å². The topological polar surface area (TPSA) is 101 Å². The molecule has 6 nitrogen and oxygen atoms in total. The number of aromatic hydroxyl groups is 1. The number of nitrogens with zero attached hydrogens (tertiary/aromatic N) is 1. The molecular formula is C19H18IN3O3. The van der Waals surface area contributed by atoms with Crippen LogP contribution < -0.4 is 11.1 Å². The van der Waals surface area contributed by atoms with Gasteiger partial charge in [-0.3, -0.25) is 4.79 Å². The summed E-state index contributed by atoms with van der Waals surface area (Å²) in [6.45, 7) is 0.414. The number of hydrogen-bond donors (Lipinski definition) is 3. The number of benzene rings is 2. The normalized spacial score (nSPS) is 11.9. The molecule has 1 heterocycles. The summed E-state index contributed by atoms with van der Waals surface area (Å²) in [4.78, 5) is 16.4. The second-order valence-electron chi connectivity index (χ2n) is 5.86. The summed E-state index contributed by atoms with van der Waals surface area (Å²) in [5.74, 6) is 0.193. The summed E-state index contributed by atoms with van der Waals surface area (Å²) in [5, 5.41) is 12.1. The molecule has 0 saturated heterocycles. The maximum atomic E-state index is 12.2. The number of oxazole rings is 1. The average Bonchev–Trinajstić information content (AvgIpc) is 3.12. The van der Waals surface area contributed by atoms with Gasteiger partial charge in [0.05, 0.1) is 6.04 Å². The first-order chi connectivity index (χ1) is 12.5. The van der Waals surface area contributed by atoms with Crippen LogP contribution in [0.1, 0.15) is 33.5 Å². The van der Waals surface area contributed by atoms with E-state index < -0.39 is 6.04 Å². The molecule has 134 valence electrons. The van der Waals surface area contributed by atoms with E-state index in [1.54, 1.807) is 24.3 Å². The minimum atomic E-state index is -0.475. The first-order valence-electron chi connectivity index (χ1n) is 8.03. The first-order valence-corrected chi connectivity index (χ1v) is 9.10. The van der Waals surface area contributed by atoms with Crippen molar-refractivity contribution in [3.63, 3.8) is 0 Å². The fourth-order valence-electron chi connectivity index (χ4n) is 2.46. The zero-order valence-corrected chi connectivity index (χ0v) is 16.0. The van der Waals surface area contributed by atoms with Gasteiger partial charge in [-0.25, -0.2) is 4.98 Å². The second-order valence-corrected chi connectivity index (χ2v) is 7.11. The molecule has 26 heavy (non-hydrogen) atoms. The molecule has 0 aliphatic carbocycles. The Morgan fingerprint density at radius 1 is 1.23 bits per heavy atom. The number of aromatic nitrogens is 1. The fourth-order valence-corrected chi connectivity index (χ4v) is 3.06. The van der Waals surface area contributed by atoms with Crippen LogP contribution in [0.15, 0.2) is 59.2 Å². The van der Waals surface area contributed by atoms with Crippen molar-refractivity contribution in [2.75, 3.05) is 0 Å². The summed E-state index contributed by atoms with van der Waals surface area (Å²) >= 11 is 2.23. The number of phenolic OH excluding ortho intramolecular Hbond substituents is 1. The molecule has 4 N–H and O–H groups in total.